The van der Waals surface area contributed by atoms with Crippen LogP contribution in [0, 0.1) is 11.8 Å². The van der Waals surface area contributed by atoms with Gasteiger partial charge in [-0.05, 0) is 31.7 Å². The molecule has 0 heterocycles. The van der Waals surface area contributed by atoms with Crippen molar-refractivity contribution in [3.8, 4) is 0 Å². The minimum atomic E-state index is -0.0328. The lowest BCUT2D eigenvalue weighted by Gasteiger charge is -2.24. The van der Waals surface area contributed by atoms with Crippen LogP contribution in [0.25, 0.3) is 0 Å². The van der Waals surface area contributed by atoms with E-state index in [0.717, 1.165) is 25.4 Å². The smallest absolute Gasteiger partial charge is 0.0580 e. The van der Waals surface area contributed by atoms with Gasteiger partial charge in [0.2, 0.25) is 0 Å². The highest BCUT2D eigenvalue weighted by Gasteiger charge is 2.25. The zero-order chi connectivity index (χ0) is 9.84. The van der Waals surface area contributed by atoms with Crippen LogP contribution in [0.15, 0.2) is 0 Å². The van der Waals surface area contributed by atoms with Crippen LogP contribution in [-0.2, 0) is 0 Å². The molecule has 0 bridgehead atoms. The van der Waals surface area contributed by atoms with Gasteiger partial charge < -0.3 is 10.0 Å². The minimum Gasteiger partial charge on any atom is -0.393 e. The predicted molar refractivity (Wildman–Crippen MR) is 55.7 cm³/mol. The molecule has 2 nitrogen and oxygen atoms in total. The molecule has 0 radical (unpaired) electrons. The van der Waals surface area contributed by atoms with Gasteiger partial charge in [0.15, 0.2) is 0 Å². The Hall–Kier alpha value is -0.0800. The normalized spacial score (nSPS) is 29.1. The predicted octanol–water partition coefficient (Wildman–Crippen LogP) is 1.74. The molecule has 2 atom stereocenters. The van der Waals surface area contributed by atoms with Crippen LogP contribution in [0.2, 0.25) is 0 Å². The van der Waals surface area contributed by atoms with Crippen molar-refractivity contribution < 1.29 is 5.11 Å². The summed E-state index contributed by atoms with van der Waals surface area (Å²) in [5.74, 6) is 1.26. The summed E-state index contributed by atoms with van der Waals surface area (Å²) >= 11 is 0. The molecule has 1 fully saturated rings. The summed E-state index contributed by atoms with van der Waals surface area (Å²) < 4.78 is 0. The van der Waals surface area contributed by atoms with Crippen molar-refractivity contribution in [2.45, 2.75) is 39.2 Å². The molecule has 0 spiro atoms. The maximum absolute atomic E-state index is 9.65. The van der Waals surface area contributed by atoms with Crippen LogP contribution >= 0.6 is 0 Å². The Morgan fingerprint density at radius 2 is 2.08 bits per heavy atom. The van der Waals surface area contributed by atoms with Gasteiger partial charge >= 0.3 is 0 Å². The molecule has 1 aliphatic rings. The standard InChI is InChI=1S/C11H23NO/c1-9(2)7-12(3)8-10-5-4-6-11(10)13/h9-11,13H,4-8H2,1-3H3. The lowest BCUT2D eigenvalue weighted by Crippen LogP contribution is -2.32. The highest BCUT2D eigenvalue weighted by Crippen LogP contribution is 2.25. The van der Waals surface area contributed by atoms with Gasteiger partial charge in [-0.15, -0.1) is 0 Å². The van der Waals surface area contributed by atoms with Crippen molar-refractivity contribution in [3.63, 3.8) is 0 Å². The molecule has 0 aliphatic heterocycles. The van der Waals surface area contributed by atoms with Gasteiger partial charge in [-0.1, -0.05) is 20.3 Å². The third-order valence-corrected chi connectivity index (χ3v) is 2.84. The Kier molecular flexibility index (Phi) is 4.20. The summed E-state index contributed by atoms with van der Waals surface area (Å²) in [6, 6.07) is 0. The van der Waals surface area contributed by atoms with Crippen LogP contribution in [0.1, 0.15) is 33.1 Å². The molecule has 2 heteroatoms. The molecule has 1 N–H and O–H groups in total. The van der Waals surface area contributed by atoms with Gasteiger partial charge in [0.25, 0.3) is 0 Å². The fourth-order valence-corrected chi connectivity index (χ4v) is 2.33. The van der Waals surface area contributed by atoms with Crippen LogP contribution in [0.3, 0.4) is 0 Å². The van der Waals surface area contributed by atoms with Crippen molar-refractivity contribution in [1.29, 1.82) is 0 Å². The van der Waals surface area contributed by atoms with E-state index in [1.165, 1.54) is 12.8 Å². The van der Waals surface area contributed by atoms with Crippen molar-refractivity contribution in [1.82, 2.24) is 4.90 Å². The maximum Gasteiger partial charge on any atom is 0.0580 e. The largest absolute Gasteiger partial charge is 0.393 e. The second-order valence-electron chi connectivity index (χ2n) is 4.87. The van der Waals surface area contributed by atoms with E-state index in [9.17, 15) is 5.11 Å². The molecule has 1 aliphatic carbocycles. The van der Waals surface area contributed by atoms with Crippen molar-refractivity contribution in [2.24, 2.45) is 11.8 Å². The Morgan fingerprint density at radius 1 is 1.38 bits per heavy atom. The fourth-order valence-electron chi connectivity index (χ4n) is 2.33. The first kappa shape index (κ1) is 11.0. The SMILES string of the molecule is CC(C)CN(C)CC1CCCC1O. The lowest BCUT2D eigenvalue weighted by atomic mass is 10.1. The quantitative estimate of drug-likeness (QED) is 0.721. The molecule has 78 valence electrons. The highest BCUT2D eigenvalue weighted by atomic mass is 16.3. The number of nitrogens with zero attached hydrogens (tertiary/aromatic N) is 1. The van der Waals surface area contributed by atoms with E-state index in [-0.39, 0.29) is 6.10 Å². The first-order valence-corrected chi connectivity index (χ1v) is 5.46. The van der Waals surface area contributed by atoms with Crippen LogP contribution in [0.4, 0.5) is 0 Å². The Labute approximate surface area is 81.9 Å². The van der Waals surface area contributed by atoms with Crippen molar-refractivity contribution in [2.75, 3.05) is 20.1 Å². The van der Waals surface area contributed by atoms with Crippen LogP contribution < -0.4 is 0 Å². The summed E-state index contributed by atoms with van der Waals surface area (Å²) in [6.07, 6.45) is 3.40. The molecular weight excluding hydrogens is 162 g/mol. The Morgan fingerprint density at radius 3 is 2.54 bits per heavy atom. The molecule has 0 amide bonds. The summed E-state index contributed by atoms with van der Waals surface area (Å²) in [6.45, 7) is 6.69. The molecular formula is C11H23NO. The van der Waals surface area contributed by atoms with Gasteiger partial charge in [0.1, 0.15) is 0 Å². The van der Waals surface area contributed by atoms with E-state index in [0.29, 0.717) is 5.92 Å². The first-order chi connectivity index (χ1) is 6.09. The highest BCUT2D eigenvalue weighted by molar-refractivity contribution is 4.78. The average molecular weight is 185 g/mol. The Balaban J connectivity index is 2.22. The second kappa shape index (κ2) is 4.97. The lowest BCUT2D eigenvalue weighted by molar-refractivity contribution is 0.106. The van der Waals surface area contributed by atoms with E-state index in [1.54, 1.807) is 0 Å². The number of aliphatic hydroxyl groups excluding tert-OH is 1. The van der Waals surface area contributed by atoms with Gasteiger partial charge in [0.05, 0.1) is 6.10 Å². The van der Waals surface area contributed by atoms with Gasteiger partial charge in [0, 0.05) is 13.1 Å². The molecule has 2 unspecified atom stereocenters. The Bertz CT molecular complexity index is 147. The maximum atomic E-state index is 9.65. The molecule has 0 saturated heterocycles. The third-order valence-electron chi connectivity index (χ3n) is 2.84. The number of aliphatic hydroxyl groups is 1. The van der Waals surface area contributed by atoms with E-state index >= 15 is 0 Å². The molecule has 0 aromatic rings. The number of rotatable bonds is 4. The molecule has 1 saturated carbocycles. The topological polar surface area (TPSA) is 23.5 Å². The molecule has 0 aromatic carbocycles. The third kappa shape index (κ3) is 3.65. The fraction of sp³-hybridized carbons (Fsp3) is 1.00. The number of hydrogen-bond acceptors (Lipinski definition) is 2. The molecule has 0 aromatic heterocycles. The van der Waals surface area contributed by atoms with Crippen LogP contribution in [-0.4, -0.2) is 36.2 Å². The van der Waals surface area contributed by atoms with Gasteiger partial charge in [-0.3, -0.25) is 0 Å². The van der Waals surface area contributed by atoms with E-state index in [1.807, 2.05) is 0 Å². The van der Waals surface area contributed by atoms with E-state index in [4.69, 9.17) is 0 Å². The van der Waals surface area contributed by atoms with Crippen molar-refractivity contribution in [3.05, 3.63) is 0 Å². The van der Waals surface area contributed by atoms with Gasteiger partial charge in [-0.25, -0.2) is 0 Å². The average Bonchev–Trinajstić information content (AvgIpc) is 2.34. The summed E-state index contributed by atoms with van der Waals surface area (Å²) in [7, 11) is 2.16. The van der Waals surface area contributed by atoms with Gasteiger partial charge in [-0.2, -0.15) is 0 Å². The summed E-state index contributed by atoms with van der Waals surface area (Å²) in [5.41, 5.74) is 0. The number of hydrogen-bond donors (Lipinski definition) is 1. The molecule has 1 rings (SSSR count). The van der Waals surface area contributed by atoms with Crippen LogP contribution in [0.5, 0.6) is 0 Å². The second-order valence-corrected chi connectivity index (χ2v) is 4.87. The van der Waals surface area contributed by atoms with E-state index < -0.39 is 0 Å². The monoisotopic (exact) mass is 185 g/mol. The zero-order valence-corrected chi connectivity index (χ0v) is 9.16. The zero-order valence-electron chi connectivity index (χ0n) is 9.16. The minimum absolute atomic E-state index is 0.0328. The van der Waals surface area contributed by atoms with E-state index in [2.05, 4.69) is 25.8 Å². The summed E-state index contributed by atoms with van der Waals surface area (Å²) in [5, 5.41) is 9.65. The van der Waals surface area contributed by atoms with Crippen molar-refractivity contribution >= 4 is 0 Å². The summed E-state index contributed by atoms with van der Waals surface area (Å²) in [4.78, 5) is 2.35. The first-order valence-electron chi connectivity index (χ1n) is 5.46. The molecule has 13 heavy (non-hydrogen) atoms.